The van der Waals surface area contributed by atoms with Gasteiger partial charge < -0.3 is 0 Å². The monoisotopic (exact) mass is 208 g/mol. The Labute approximate surface area is 90.3 Å². The van der Waals surface area contributed by atoms with Gasteiger partial charge in [0, 0.05) is 12.8 Å². The second-order valence-electron chi connectivity index (χ2n) is 4.06. The van der Waals surface area contributed by atoms with E-state index in [0.717, 1.165) is 12.0 Å². The molecule has 0 saturated carbocycles. The lowest BCUT2D eigenvalue weighted by Crippen LogP contribution is -2.07. The van der Waals surface area contributed by atoms with E-state index in [-0.39, 0.29) is 11.6 Å². The van der Waals surface area contributed by atoms with Crippen molar-refractivity contribution in [3.8, 4) is 0 Å². The number of halogens is 1. The van der Waals surface area contributed by atoms with Gasteiger partial charge in [-0.2, -0.15) is 0 Å². The molecule has 1 rings (SSSR count). The minimum Gasteiger partial charge on any atom is -0.299 e. The third kappa shape index (κ3) is 4.24. The standard InChI is InChI=1S/C13H17FO/c1-3-10(2)8-13(15)9-11-4-6-12(14)7-5-11/h4-7,10H,3,8-9H2,1-2H3. The molecule has 0 aliphatic heterocycles. The van der Waals surface area contributed by atoms with E-state index in [2.05, 4.69) is 13.8 Å². The van der Waals surface area contributed by atoms with Gasteiger partial charge in [0.05, 0.1) is 0 Å². The van der Waals surface area contributed by atoms with E-state index in [4.69, 9.17) is 0 Å². The van der Waals surface area contributed by atoms with Crippen molar-refractivity contribution >= 4 is 5.78 Å². The summed E-state index contributed by atoms with van der Waals surface area (Å²) < 4.78 is 12.6. The molecule has 0 heterocycles. The number of ketones is 1. The zero-order valence-corrected chi connectivity index (χ0v) is 9.29. The fraction of sp³-hybridized carbons (Fsp3) is 0.462. The minimum absolute atomic E-state index is 0.232. The van der Waals surface area contributed by atoms with Crippen molar-refractivity contribution in [2.24, 2.45) is 5.92 Å². The molecule has 0 aliphatic carbocycles. The first kappa shape index (κ1) is 11.9. The van der Waals surface area contributed by atoms with Gasteiger partial charge in [0.15, 0.2) is 0 Å². The normalized spacial score (nSPS) is 12.5. The molecule has 82 valence electrons. The van der Waals surface area contributed by atoms with Crippen LogP contribution in [0.4, 0.5) is 4.39 Å². The highest BCUT2D eigenvalue weighted by molar-refractivity contribution is 5.81. The van der Waals surface area contributed by atoms with Crippen LogP contribution >= 0.6 is 0 Å². The molecule has 1 aromatic carbocycles. The summed E-state index contributed by atoms with van der Waals surface area (Å²) in [5.74, 6) is 0.419. The maximum atomic E-state index is 12.6. The zero-order valence-electron chi connectivity index (χ0n) is 9.29. The second-order valence-corrected chi connectivity index (χ2v) is 4.06. The topological polar surface area (TPSA) is 17.1 Å². The Balaban J connectivity index is 2.48. The highest BCUT2D eigenvalue weighted by atomic mass is 19.1. The van der Waals surface area contributed by atoms with E-state index < -0.39 is 0 Å². The molecule has 1 atom stereocenters. The van der Waals surface area contributed by atoms with Gasteiger partial charge in [-0.05, 0) is 23.6 Å². The third-order valence-corrected chi connectivity index (χ3v) is 2.59. The molecule has 0 fully saturated rings. The lowest BCUT2D eigenvalue weighted by atomic mass is 9.98. The van der Waals surface area contributed by atoms with Crippen LogP contribution in [-0.4, -0.2) is 5.78 Å². The largest absolute Gasteiger partial charge is 0.299 e. The summed E-state index contributed by atoms with van der Waals surface area (Å²) in [6, 6.07) is 6.13. The summed E-state index contributed by atoms with van der Waals surface area (Å²) in [5, 5.41) is 0. The van der Waals surface area contributed by atoms with E-state index in [0.29, 0.717) is 18.8 Å². The maximum Gasteiger partial charge on any atom is 0.137 e. The van der Waals surface area contributed by atoms with Crippen LogP contribution < -0.4 is 0 Å². The van der Waals surface area contributed by atoms with Crippen molar-refractivity contribution in [1.29, 1.82) is 0 Å². The average molecular weight is 208 g/mol. The van der Waals surface area contributed by atoms with Crippen LogP contribution in [0.1, 0.15) is 32.3 Å². The number of Topliss-reactive ketones (excluding diaryl/α,β-unsaturated/α-hetero) is 1. The van der Waals surface area contributed by atoms with E-state index in [1.807, 2.05) is 0 Å². The van der Waals surface area contributed by atoms with Gasteiger partial charge in [-0.3, -0.25) is 4.79 Å². The van der Waals surface area contributed by atoms with Crippen molar-refractivity contribution in [2.75, 3.05) is 0 Å². The molecular formula is C13H17FO. The smallest absolute Gasteiger partial charge is 0.137 e. The highest BCUT2D eigenvalue weighted by Gasteiger charge is 2.08. The molecule has 0 amide bonds. The molecule has 2 heteroatoms. The quantitative estimate of drug-likeness (QED) is 0.725. The highest BCUT2D eigenvalue weighted by Crippen LogP contribution is 2.10. The molecule has 1 aromatic rings. The summed E-state index contributed by atoms with van der Waals surface area (Å²) in [5.41, 5.74) is 0.893. The third-order valence-electron chi connectivity index (χ3n) is 2.59. The summed E-state index contributed by atoms with van der Waals surface area (Å²) in [7, 11) is 0. The fourth-order valence-electron chi connectivity index (χ4n) is 1.44. The number of carbonyl (C=O) groups is 1. The van der Waals surface area contributed by atoms with Crippen molar-refractivity contribution in [3.05, 3.63) is 35.6 Å². The van der Waals surface area contributed by atoms with E-state index in [1.54, 1.807) is 12.1 Å². The first-order chi connectivity index (χ1) is 7.11. The summed E-state index contributed by atoms with van der Waals surface area (Å²) in [6.45, 7) is 4.15. The van der Waals surface area contributed by atoms with Gasteiger partial charge in [-0.1, -0.05) is 32.4 Å². The fourth-order valence-corrected chi connectivity index (χ4v) is 1.44. The van der Waals surface area contributed by atoms with Crippen LogP contribution in [0.15, 0.2) is 24.3 Å². The minimum atomic E-state index is -0.256. The molecule has 15 heavy (non-hydrogen) atoms. The van der Waals surface area contributed by atoms with E-state index in [9.17, 15) is 9.18 Å². The summed E-state index contributed by atoms with van der Waals surface area (Å²) >= 11 is 0. The molecule has 1 unspecified atom stereocenters. The lowest BCUT2D eigenvalue weighted by Gasteiger charge is -2.06. The van der Waals surface area contributed by atoms with Crippen LogP contribution in [0.2, 0.25) is 0 Å². The number of hydrogen-bond acceptors (Lipinski definition) is 1. The summed E-state index contributed by atoms with van der Waals surface area (Å²) in [6.07, 6.45) is 2.06. The lowest BCUT2D eigenvalue weighted by molar-refractivity contribution is -0.119. The van der Waals surface area contributed by atoms with E-state index in [1.165, 1.54) is 12.1 Å². The SMILES string of the molecule is CCC(C)CC(=O)Cc1ccc(F)cc1. The Bertz CT molecular complexity index is 316. The molecule has 0 radical (unpaired) electrons. The molecule has 1 nitrogen and oxygen atoms in total. The number of benzene rings is 1. The number of carbonyl (C=O) groups excluding carboxylic acids is 1. The molecule has 0 saturated heterocycles. The number of hydrogen-bond donors (Lipinski definition) is 0. The second kappa shape index (κ2) is 5.64. The predicted molar refractivity (Wildman–Crippen MR) is 59.2 cm³/mol. The molecule has 0 spiro atoms. The van der Waals surface area contributed by atoms with Crippen molar-refractivity contribution < 1.29 is 9.18 Å². The van der Waals surface area contributed by atoms with Gasteiger partial charge in [0.1, 0.15) is 11.6 Å². The van der Waals surface area contributed by atoms with Crippen LogP contribution in [0.3, 0.4) is 0 Å². The summed E-state index contributed by atoms with van der Waals surface area (Å²) in [4.78, 5) is 11.6. The zero-order chi connectivity index (χ0) is 11.3. The van der Waals surface area contributed by atoms with Crippen LogP contribution in [-0.2, 0) is 11.2 Å². The van der Waals surface area contributed by atoms with Crippen LogP contribution in [0.5, 0.6) is 0 Å². The Hall–Kier alpha value is -1.18. The first-order valence-electron chi connectivity index (χ1n) is 5.38. The Morgan fingerprint density at radius 1 is 1.33 bits per heavy atom. The Morgan fingerprint density at radius 3 is 2.47 bits per heavy atom. The van der Waals surface area contributed by atoms with Crippen molar-refractivity contribution in [1.82, 2.24) is 0 Å². The molecule has 0 aromatic heterocycles. The van der Waals surface area contributed by atoms with Gasteiger partial charge in [0.2, 0.25) is 0 Å². The van der Waals surface area contributed by atoms with E-state index >= 15 is 0 Å². The van der Waals surface area contributed by atoms with Gasteiger partial charge in [-0.25, -0.2) is 4.39 Å². The number of rotatable bonds is 5. The molecule has 0 aliphatic rings. The first-order valence-corrected chi connectivity index (χ1v) is 5.38. The van der Waals surface area contributed by atoms with Gasteiger partial charge >= 0.3 is 0 Å². The van der Waals surface area contributed by atoms with Crippen LogP contribution in [0.25, 0.3) is 0 Å². The predicted octanol–water partition coefficient (Wildman–Crippen LogP) is 3.37. The van der Waals surface area contributed by atoms with Gasteiger partial charge in [0.25, 0.3) is 0 Å². The molecule has 0 bridgehead atoms. The van der Waals surface area contributed by atoms with Crippen molar-refractivity contribution in [3.63, 3.8) is 0 Å². The maximum absolute atomic E-state index is 12.6. The Kier molecular flexibility index (Phi) is 4.47. The van der Waals surface area contributed by atoms with Gasteiger partial charge in [-0.15, -0.1) is 0 Å². The van der Waals surface area contributed by atoms with Crippen molar-refractivity contribution in [2.45, 2.75) is 33.1 Å². The molecule has 0 N–H and O–H groups in total. The van der Waals surface area contributed by atoms with Crippen LogP contribution in [0, 0.1) is 11.7 Å². The molecular weight excluding hydrogens is 191 g/mol. The Morgan fingerprint density at radius 2 is 1.93 bits per heavy atom. The average Bonchev–Trinajstić information content (AvgIpc) is 2.21.